The molecule has 1 unspecified atom stereocenters. The number of ether oxygens (including phenoxy) is 1. The Bertz CT molecular complexity index is 849. The largest absolute Gasteiger partial charge is 0.497 e. The Kier molecular flexibility index (Phi) is 5.49. The highest BCUT2D eigenvalue weighted by Crippen LogP contribution is 2.31. The van der Waals surface area contributed by atoms with Crippen LogP contribution in [-0.4, -0.2) is 35.9 Å². The van der Waals surface area contributed by atoms with Crippen LogP contribution in [0.3, 0.4) is 0 Å². The number of hydrogen-bond donors (Lipinski definition) is 1. The maximum Gasteiger partial charge on any atom is 0.255 e. The summed E-state index contributed by atoms with van der Waals surface area (Å²) in [5.74, 6) is 0.543. The molecule has 142 valence electrons. The van der Waals surface area contributed by atoms with Crippen molar-refractivity contribution in [2.24, 2.45) is 0 Å². The number of rotatable bonds is 6. The molecule has 5 heteroatoms. The van der Waals surface area contributed by atoms with Crippen molar-refractivity contribution in [3.63, 3.8) is 0 Å². The van der Waals surface area contributed by atoms with Crippen LogP contribution in [0.15, 0.2) is 48.5 Å². The maximum atomic E-state index is 13.2. The summed E-state index contributed by atoms with van der Waals surface area (Å²) in [4.78, 5) is 27.9. The van der Waals surface area contributed by atoms with Crippen molar-refractivity contribution in [1.82, 2.24) is 10.2 Å². The molecule has 1 aliphatic heterocycles. The Balaban J connectivity index is 1.83. The molecule has 0 spiro atoms. The quantitative estimate of drug-likeness (QED) is 0.854. The van der Waals surface area contributed by atoms with Crippen molar-refractivity contribution in [2.75, 3.05) is 13.7 Å². The number of nitrogens with one attached hydrogen (secondary N) is 1. The molecule has 1 aliphatic rings. The van der Waals surface area contributed by atoms with Crippen LogP contribution in [0.5, 0.6) is 5.75 Å². The Morgan fingerprint density at radius 2 is 2.00 bits per heavy atom. The van der Waals surface area contributed by atoms with Crippen LogP contribution in [0.4, 0.5) is 0 Å². The normalized spacial score (nSPS) is 18.8. The summed E-state index contributed by atoms with van der Waals surface area (Å²) in [5, 5.41) is 3.01. The summed E-state index contributed by atoms with van der Waals surface area (Å²) in [5.41, 5.74) is 1.68. The predicted molar refractivity (Wildman–Crippen MR) is 105 cm³/mol. The zero-order valence-electron chi connectivity index (χ0n) is 16.1. The molecule has 27 heavy (non-hydrogen) atoms. The number of benzene rings is 2. The van der Waals surface area contributed by atoms with Crippen LogP contribution in [0.1, 0.15) is 41.8 Å². The van der Waals surface area contributed by atoms with Gasteiger partial charge in [-0.25, -0.2) is 0 Å². The first kappa shape index (κ1) is 19.0. The minimum atomic E-state index is -0.902. The third-order valence-corrected chi connectivity index (χ3v) is 5.15. The number of nitrogens with zero attached hydrogens (tertiary/aromatic N) is 1. The van der Waals surface area contributed by atoms with Crippen LogP contribution >= 0.6 is 0 Å². The fourth-order valence-electron chi connectivity index (χ4n) is 3.65. The molecule has 1 N–H and O–H groups in total. The molecule has 2 aromatic carbocycles. The van der Waals surface area contributed by atoms with Crippen LogP contribution in [0.25, 0.3) is 0 Å². The fourth-order valence-corrected chi connectivity index (χ4v) is 3.65. The van der Waals surface area contributed by atoms with Gasteiger partial charge in [0.05, 0.1) is 7.11 Å². The Morgan fingerprint density at radius 1 is 1.22 bits per heavy atom. The van der Waals surface area contributed by atoms with Gasteiger partial charge in [-0.05, 0) is 42.7 Å². The summed E-state index contributed by atoms with van der Waals surface area (Å²) in [7, 11) is 1.62. The number of carbonyl (C=O) groups excluding carboxylic acids is 2. The Labute approximate surface area is 160 Å². The third kappa shape index (κ3) is 3.68. The van der Waals surface area contributed by atoms with E-state index in [1.165, 1.54) is 0 Å². The van der Waals surface area contributed by atoms with Gasteiger partial charge < -0.3 is 15.0 Å². The van der Waals surface area contributed by atoms with Crippen molar-refractivity contribution >= 4 is 11.8 Å². The molecule has 0 saturated heterocycles. The summed E-state index contributed by atoms with van der Waals surface area (Å²) in [6, 6.07) is 15.2. The van der Waals surface area contributed by atoms with Gasteiger partial charge in [-0.3, -0.25) is 9.59 Å². The van der Waals surface area contributed by atoms with Gasteiger partial charge in [0.1, 0.15) is 11.3 Å². The number of amides is 2. The Morgan fingerprint density at radius 3 is 2.74 bits per heavy atom. The third-order valence-electron chi connectivity index (χ3n) is 5.15. The lowest BCUT2D eigenvalue weighted by atomic mass is 9.82. The molecule has 0 saturated carbocycles. The average molecular weight is 366 g/mol. The van der Waals surface area contributed by atoms with Gasteiger partial charge in [0, 0.05) is 25.1 Å². The highest BCUT2D eigenvalue weighted by atomic mass is 16.5. The lowest BCUT2D eigenvalue weighted by Crippen LogP contribution is -2.62. The van der Waals surface area contributed by atoms with Gasteiger partial charge in [0.25, 0.3) is 5.91 Å². The Hall–Kier alpha value is -2.82. The number of methoxy groups -OCH3 is 1. The maximum absolute atomic E-state index is 13.2. The zero-order valence-corrected chi connectivity index (χ0v) is 16.1. The predicted octanol–water partition coefficient (Wildman–Crippen LogP) is 3.18. The summed E-state index contributed by atoms with van der Waals surface area (Å²) in [6.07, 6.45) is 1.31. The molecule has 2 amide bonds. The van der Waals surface area contributed by atoms with Crippen LogP contribution in [0, 0.1) is 0 Å². The summed E-state index contributed by atoms with van der Waals surface area (Å²) in [6.45, 7) is 4.82. The van der Waals surface area contributed by atoms with Crippen LogP contribution in [-0.2, 0) is 17.8 Å². The molecule has 0 radical (unpaired) electrons. The smallest absolute Gasteiger partial charge is 0.255 e. The molecule has 5 nitrogen and oxygen atoms in total. The fraction of sp³-hybridized carbons (Fsp3) is 0.364. The van der Waals surface area contributed by atoms with E-state index in [4.69, 9.17) is 4.74 Å². The van der Waals surface area contributed by atoms with Crippen molar-refractivity contribution in [1.29, 1.82) is 0 Å². The first-order valence-electron chi connectivity index (χ1n) is 9.30. The van der Waals surface area contributed by atoms with E-state index < -0.39 is 5.54 Å². The van der Waals surface area contributed by atoms with Crippen molar-refractivity contribution < 1.29 is 14.3 Å². The molecule has 2 aromatic rings. The first-order chi connectivity index (χ1) is 13.0. The van der Waals surface area contributed by atoms with Crippen LogP contribution < -0.4 is 10.1 Å². The van der Waals surface area contributed by atoms with E-state index in [0.717, 1.165) is 23.3 Å². The number of carbonyl (C=O) groups is 2. The van der Waals surface area contributed by atoms with Crippen molar-refractivity contribution in [2.45, 2.75) is 38.8 Å². The first-order valence-corrected chi connectivity index (χ1v) is 9.30. The lowest BCUT2D eigenvalue weighted by Gasteiger charge is -2.44. The topological polar surface area (TPSA) is 58.6 Å². The SMILES string of the molecule is CCCN1C(=O)c2ccccc2CC1(C)C(=O)NCc1cccc(OC)c1. The van der Waals surface area contributed by atoms with Gasteiger partial charge in [-0.15, -0.1) is 0 Å². The van der Waals surface area contributed by atoms with E-state index in [1.807, 2.05) is 62.4 Å². The molecular weight excluding hydrogens is 340 g/mol. The zero-order chi connectivity index (χ0) is 19.4. The average Bonchev–Trinajstić information content (AvgIpc) is 2.69. The molecule has 1 heterocycles. The second-order valence-electron chi connectivity index (χ2n) is 7.10. The number of fused-ring (bicyclic) bond motifs is 1. The van der Waals surface area contributed by atoms with E-state index in [1.54, 1.807) is 12.0 Å². The van der Waals surface area contributed by atoms with Crippen molar-refractivity contribution in [3.8, 4) is 5.75 Å². The standard InChI is InChI=1S/C22H26N2O3/c1-4-12-24-20(25)19-11-6-5-9-17(19)14-22(24,2)21(26)23-15-16-8-7-10-18(13-16)27-3/h5-11,13H,4,12,14-15H2,1-3H3,(H,23,26). The van der Waals surface area contributed by atoms with Gasteiger partial charge in [0.2, 0.25) is 5.91 Å². The van der Waals surface area contributed by atoms with E-state index in [0.29, 0.717) is 25.1 Å². The molecule has 1 atom stereocenters. The molecular formula is C22H26N2O3. The minimum absolute atomic E-state index is 0.0715. The van der Waals surface area contributed by atoms with E-state index in [9.17, 15) is 9.59 Å². The van der Waals surface area contributed by atoms with Gasteiger partial charge in [0.15, 0.2) is 0 Å². The lowest BCUT2D eigenvalue weighted by molar-refractivity contribution is -0.131. The minimum Gasteiger partial charge on any atom is -0.497 e. The van der Waals surface area contributed by atoms with Gasteiger partial charge in [-0.2, -0.15) is 0 Å². The van der Waals surface area contributed by atoms with Gasteiger partial charge in [-0.1, -0.05) is 37.3 Å². The van der Waals surface area contributed by atoms with Crippen LogP contribution in [0.2, 0.25) is 0 Å². The summed E-state index contributed by atoms with van der Waals surface area (Å²) >= 11 is 0. The monoisotopic (exact) mass is 366 g/mol. The molecule has 3 rings (SSSR count). The van der Waals surface area contributed by atoms with Crippen molar-refractivity contribution in [3.05, 3.63) is 65.2 Å². The highest BCUT2D eigenvalue weighted by Gasteiger charge is 2.46. The van der Waals surface area contributed by atoms with E-state index in [-0.39, 0.29) is 11.8 Å². The van der Waals surface area contributed by atoms with E-state index >= 15 is 0 Å². The second-order valence-corrected chi connectivity index (χ2v) is 7.10. The molecule has 0 fully saturated rings. The molecule has 0 aromatic heterocycles. The summed E-state index contributed by atoms with van der Waals surface area (Å²) < 4.78 is 5.23. The van der Waals surface area contributed by atoms with E-state index in [2.05, 4.69) is 5.32 Å². The molecule has 0 bridgehead atoms. The molecule has 0 aliphatic carbocycles. The number of hydrogen-bond acceptors (Lipinski definition) is 3. The second kappa shape index (κ2) is 7.82. The van der Waals surface area contributed by atoms with Gasteiger partial charge >= 0.3 is 0 Å². The highest BCUT2D eigenvalue weighted by molar-refractivity contribution is 6.02.